The number of amides is 3. The Morgan fingerprint density at radius 1 is 1.03 bits per heavy atom. The van der Waals surface area contributed by atoms with Gasteiger partial charge < -0.3 is 20.1 Å². The van der Waals surface area contributed by atoms with Gasteiger partial charge in [0.15, 0.2) is 0 Å². The number of methoxy groups -OCH3 is 2. The van der Waals surface area contributed by atoms with Crippen LogP contribution in [0.2, 0.25) is 0 Å². The van der Waals surface area contributed by atoms with Crippen molar-refractivity contribution in [2.24, 2.45) is 12.9 Å². The summed E-state index contributed by atoms with van der Waals surface area (Å²) in [7, 11) is 4.77. The van der Waals surface area contributed by atoms with Crippen LogP contribution in [-0.2, 0) is 7.05 Å². The van der Waals surface area contributed by atoms with Crippen LogP contribution in [0.1, 0.15) is 10.4 Å². The number of nitrogens with zero attached hydrogens (tertiary/aromatic N) is 2. The molecule has 2 aromatic carbocycles. The maximum absolute atomic E-state index is 12.4. The maximum Gasteiger partial charge on any atom is 0.323 e. The lowest BCUT2D eigenvalue weighted by molar-refractivity contribution is 0.0954. The average Bonchev–Trinajstić information content (AvgIpc) is 3.15. The third-order valence-corrected chi connectivity index (χ3v) is 4.28. The van der Waals surface area contributed by atoms with E-state index >= 15 is 0 Å². The molecule has 0 saturated heterocycles. The van der Waals surface area contributed by atoms with Gasteiger partial charge in [-0.15, -0.1) is 0 Å². The molecule has 5 N–H and O–H groups in total. The fourth-order valence-corrected chi connectivity index (χ4v) is 2.84. The number of nitrogens with one attached hydrogen (secondary N) is 3. The zero-order chi connectivity index (χ0) is 21.7. The molecule has 156 valence electrons. The molecule has 10 heteroatoms. The summed E-state index contributed by atoms with van der Waals surface area (Å²) < 4.78 is 11.9. The molecule has 3 aromatic rings. The Labute approximate surface area is 172 Å². The summed E-state index contributed by atoms with van der Waals surface area (Å²) in [5.41, 5.74) is 4.71. The Morgan fingerprint density at radius 2 is 1.77 bits per heavy atom. The van der Waals surface area contributed by atoms with Crippen LogP contribution < -0.4 is 31.4 Å². The van der Waals surface area contributed by atoms with Crippen molar-refractivity contribution in [3.8, 4) is 22.8 Å². The number of nitrogen functional groups attached to an aromatic ring is 1. The Balaban J connectivity index is 1.72. The van der Waals surface area contributed by atoms with Crippen LogP contribution in [0.5, 0.6) is 11.5 Å². The van der Waals surface area contributed by atoms with E-state index in [2.05, 4.69) is 21.2 Å². The number of urea groups is 1. The normalized spacial score (nSPS) is 10.3. The van der Waals surface area contributed by atoms with Crippen LogP contribution in [0, 0.1) is 0 Å². The molecule has 0 radical (unpaired) electrons. The molecular weight excluding hydrogens is 388 g/mol. The van der Waals surface area contributed by atoms with Crippen molar-refractivity contribution in [1.29, 1.82) is 0 Å². The number of hydrogen-bond acceptors (Lipinski definition) is 6. The van der Waals surface area contributed by atoms with Gasteiger partial charge >= 0.3 is 6.03 Å². The first kappa shape index (κ1) is 20.7. The fourth-order valence-electron chi connectivity index (χ4n) is 2.84. The largest absolute Gasteiger partial charge is 0.497 e. The van der Waals surface area contributed by atoms with Gasteiger partial charge in [-0.25, -0.2) is 10.6 Å². The lowest BCUT2D eigenvalue weighted by Gasteiger charge is -2.12. The van der Waals surface area contributed by atoms with E-state index in [-0.39, 0.29) is 0 Å². The molecule has 0 bridgehead atoms. The summed E-state index contributed by atoms with van der Waals surface area (Å²) in [6.45, 7) is 0. The number of aryl methyl sites for hydroxylation is 1. The number of anilines is 2. The van der Waals surface area contributed by atoms with Gasteiger partial charge in [-0.05, 0) is 24.3 Å². The zero-order valence-corrected chi connectivity index (χ0v) is 16.7. The highest BCUT2D eigenvalue weighted by atomic mass is 16.5. The molecule has 10 nitrogen and oxygen atoms in total. The first-order valence-corrected chi connectivity index (χ1v) is 8.90. The van der Waals surface area contributed by atoms with Gasteiger partial charge in [0, 0.05) is 30.6 Å². The number of nitrogens with two attached hydrogens (primary N) is 1. The highest BCUT2D eigenvalue weighted by molar-refractivity contribution is 6.01. The first-order valence-electron chi connectivity index (χ1n) is 8.90. The van der Waals surface area contributed by atoms with Crippen LogP contribution in [0.3, 0.4) is 0 Å². The number of carbonyl (C=O) groups excluding carboxylic acids is 2. The molecule has 0 saturated carbocycles. The molecule has 0 fully saturated rings. The topological polar surface area (TPSA) is 133 Å². The maximum atomic E-state index is 12.4. The third kappa shape index (κ3) is 4.50. The monoisotopic (exact) mass is 410 g/mol. The van der Waals surface area contributed by atoms with Crippen LogP contribution >= 0.6 is 0 Å². The molecule has 0 aliphatic rings. The van der Waals surface area contributed by atoms with E-state index in [4.69, 9.17) is 15.3 Å². The minimum absolute atomic E-state index is 0.352. The molecule has 0 spiro atoms. The lowest BCUT2D eigenvalue weighted by Crippen LogP contribution is -2.30. The standard InChI is InChI=1S/C20H22N6O4/c1-26-11-15(19(27)24-21)18(25-26)12-4-6-13(7-5-12)22-20(28)23-16-9-8-14(29-2)10-17(16)30-3/h4-11H,21H2,1-3H3,(H,24,27)(H2,22,23,28). The Morgan fingerprint density at radius 3 is 2.40 bits per heavy atom. The van der Waals surface area contributed by atoms with Gasteiger partial charge in [0.05, 0.1) is 25.5 Å². The quantitative estimate of drug-likeness (QED) is 0.280. The summed E-state index contributed by atoms with van der Waals surface area (Å²) in [6.07, 6.45) is 1.58. The molecule has 1 heterocycles. The molecular formula is C20H22N6O4. The van der Waals surface area contributed by atoms with E-state index in [1.165, 1.54) is 11.8 Å². The minimum Gasteiger partial charge on any atom is -0.497 e. The van der Waals surface area contributed by atoms with Gasteiger partial charge in [0.25, 0.3) is 5.91 Å². The van der Waals surface area contributed by atoms with Crippen molar-refractivity contribution in [3.05, 3.63) is 54.2 Å². The van der Waals surface area contributed by atoms with E-state index in [9.17, 15) is 9.59 Å². The lowest BCUT2D eigenvalue weighted by atomic mass is 10.1. The Bertz CT molecular complexity index is 1060. The van der Waals surface area contributed by atoms with Crippen molar-refractivity contribution in [2.75, 3.05) is 24.9 Å². The molecule has 0 aliphatic heterocycles. The van der Waals surface area contributed by atoms with Crippen molar-refractivity contribution in [2.45, 2.75) is 0 Å². The summed E-state index contributed by atoms with van der Waals surface area (Å²) in [5, 5.41) is 9.78. The van der Waals surface area contributed by atoms with Crippen molar-refractivity contribution in [3.63, 3.8) is 0 Å². The van der Waals surface area contributed by atoms with Crippen LogP contribution in [0.25, 0.3) is 11.3 Å². The number of ether oxygens (including phenoxy) is 2. The summed E-state index contributed by atoms with van der Waals surface area (Å²) in [4.78, 5) is 24.3. The van der Waals surface area contributed by atoms with E-state index < -0.39 is 11.9 Å². The van der Waals surface area contributed by atoms with Gasteiger partial charge in [-0.1, -0.05) is 12.1 Å². The number of hydrazine groups is 1. The number of aromatic nitrogens is 2. The van der Waals surface area contributed by atoms with Crippen molar-refractivity contribution >= 4 is 23.3 Å². The highest BCUT2D eigenvalue weighted by Crippen LogP contribution is 2.29. The van der Waals surface area contributed by atoms with Crippen LogP contribution in [-0.4, -0.2) is 35.9 Å². The smallest absolute Gasteiger partial charge is 0.323 e. The van der Waals surface area contributed by atoms with Crippen LogP contribution in [0.15, 0.2) is 48.7 Å². The molecule has 3 rings (SSSR count). The van der Waals surface area contributed by atoms with E-state index in [0.717, 1.165) is 0 Å². The summed E-state index contributed by atoms with van der Waals surface area (Å²) >= 11 is 0. The van der Waals surface area contributed by atoms with E-state index in [0.29, 0.717) is 39.7 Å². The number of hydrogen-bond donors (Lipinski definition) is 4. The minimum atomic E-state index is -0.438. The molecule has 3 amide bonds. The molecule has 0 aliphatic carbocycles. The van der Waals surface area contributed by atoms with Gasteiger partial charge in [0.2, 0.25) is 0 Å². The Kier molecular flexibility index (Phi) is 6.18. The van der Waals surface area contributed by atoms with Crippen molar-refractivity contribution in [1.82, 2.24) is 15.2 Å². The second-order valence-electron chi connectivity index (χ2n) is 6.26. The Hall–Kier alpha value is -4.05. The second kappa shape index (κ2) is 8.97. The molecule has 30 heavy (non-hydrogen) atoms. The van der Waals surface area contributed by atoms with E-state index in [1.807, 2.05) is 0 Å². The number of benzene rings is 2. The van der Waals surface area contributed by atoms with Crippen molar-refractivity contribution < 1.29 is 19.1 Å². The summed E-state index contributed by atoms with van der Waals surface area (Å²) in [5.74, 6) is 5.88. The SMILES string of the molecule is COc1ccc(NC(=O)Nc2ccc(-c3nn(C)cc3C(=O)NN)cc2)c(OC)c1. The fraction of sp³-hybridized carbons (Fsp3) is 0.150. The number of carbonyl (C=O) groups is 2. The predicted molar refractivity (Wildman–Crippen MR) is 112 cm³/mol. The average molecular weight is 410 g/mol. The third-order valence-electron chi connectivity index (χ3n) is 4.28. The number of rotatable bonds is 6. The van der Waals surface area contributed by atoms with E-state index in [1.54, 1.807) is 62.8 Å². The zero-order valence-electron chi connectivity index (χ0n) is 16.7. The van der Waals surface area contributed by atoms with Gasteiger partial charge in [0.1, 0.15) is 17.2 Å². The first-order chi connectivity index (χ1) is 14.4. The van der Waals surface area contributed by atoms with Crippen LogP contribution in [0.4, 0.5) is 16.2 Å². The predicted octanol–water partition coefficient (Wildman–Crippen LogP) is 2.35. The van der Waals surface area contributed by atoms with Gasteiger partial charge in [-0.3, -0.25) is 14.9 Å². The van der Waals surface area contributed by atoms with Gasteiger partial charge in [-0.2, -0.15) is 5.10 Å². The highest BCUT2D eigenvalue weighted by Gasteiger charge is 2.16. The molecule has 0 atom stereocenters. The molecule has 0 unspecified atom stereocenters. The molecule has 1 aromatic heterocycles. The second-order valence-corrected chi connectivity index (χ2v) is 6.26. The summed E-state index contributed by atoms with van der Waals surface area (Å²) in [6, 6.07) is 11.6.